The molecule has 0 amide bonds. The molecular formula is C12H18N2O2. The van der Waals surface area contributed by atoms with Crippen LogP contribution in [0.2, 0.25) is 0 Å². The maximum atomic E-state index is 11.0. The molecule has 1 rings (SSSR count). The van der Waals surface area contributed by atoms with Crippen molar-refractivity contribution >= 4 is 11.7 Å². The summed E-state index contributed by atoms with van der Waals surface area (Å²) in [5.41, 5.74) is 6.21. The van der Waals surface area contributed by atoms with Crippen LogP contribution in [0.15, 0.2) is 30.3 Å². The first-order chi connectivity index (χ1) is 7.74. The zero-order valence-electron chi connectivity index (χ0n) is 9.23. The Labute approximate surface area is 95.5 Å². The molecule has 1 atom stereocenters. The Kier molecular flexibility index (Phi) is 5.36. The lowest BCUT2D eigenvalue weighted by atomic mass is 10.1. The highest BCUT2D eigenvalue weighted by atomic mass is 16.4. The van der Waals surface area contributed by atoms with E-state index in [0.717, 1.165) is 18.5 Å². The number of aliphatic carboxylic acids is 1. The predicted molar refractivity (Wildman–Crippen MR) is 64.4 cm³/mol. The Bertz CT molecular complexity index is 314. The molecule has 0 fully saturated rings. The molecule has 0 radical (unpaired) electrons. The van der Waals surface area contributed by atoms with Gasteiger partial charge in [0.2, 0.25) is 0 Å². The van der Waals surface area contributed by atoms with Crippen molar-refractivity contribution in [2.75, 3.05) is 11.9 Å². The first kappa shape index (κ1) is 12.5. The molecular weight excluding hydrogens is 204 g/mol. The Morgan fingerprint density at radius 2 is 2.00 bits per heavy atom. The van der Waals surface area contributed by atoms with Crippen LogP contribution < -0.4 is 11.1 Å². The third kappa shape index (κ3) is 4.31. The summed E-state index contributed by atoms with van der Waals surface area (Å²) >= 11 is 0. The maximum Gasteiger partial charge on any atom is 0.326 e. The fraction of sp³-hybridized carbons (Fsp3) is 0.417. The molecule has 0 spiro atoms. The normalized spacial score (nSPS) is 12.1. The summed E-state index contributed by atoms with van der Waals surface area (Å²) in [6, 6.07) is 8.84. The third-order valence-electron chi connectivity index (χ3n) is 2.36. The number of carboxylic acids is 1. The molecule has 88 valence electrons. The number of anilines is 1. The largest absolute Gasteiger partial charge is 0.480 e. The highest BCUT2D eigenvalue weighted by molar-refractivity contribution is 5.77. The fourth-order valence-electron chi connectivity index (χ4n) is 1.49. The van der Waals surface area contributed by atoms with Crippen molar-refractivity contribution < 1.29 is 9.90 Å². The monoisotopic (exact) mass is 222 g/mol. The number of rotatable bonds is 7. The van der Waals surface area contributed by atoms with Crippen LogP contribution in [0, 0.1) is 0 Å². The van der Waals surface area contributed by atoms with Crippen molar-refractivity contribution in [2.45, 2.75) is 25.3 Å². The van der Waals surface area contributed by atoms with Crippen LogP contribution in [-0.4, -0.2) is 23.7 Å². The second kappa shape index (κ2) is 6.85. The number of carboxylic acid groups (broad SMARTS) is 1. The predicted octanol–water partition coefficient (Wildman–Crippen LogP) is 1.68. The molecule has 0 heterocycles. The molecule has 4 heteroatoms. The summed E-state index contributed by atoms with van der Waals surface area (Å²) in [7, 11) is 0. The molecule has 1 aromatic rings. The zero-order valence-corrected chi connectivity index (χ0v) is 9.23. The molecule has 4 N–H and O–H groups in total. The quantitative estimate of drug-likeness (QED) is 0.613. The summed E-state index contributed by atoms with van der Waals surface area (Å²) < 4.78 is 0. The van der Waals surface area contributed by atoms with E-state index in [-0.39, 0.29) is 0 Å². The van der Waals surface area contributed by atoms with E-state index >= 15 is 0 Å². The van der Waals surface area contributed by atoms with Crippen molar-refractivity contribution in [3.05, 3.63) is 30.3 Å². The van der Waals surface area contributed by atoms with Crippen LogP contribution in [0.25, 0.3) is 0 Å². The van der Waals surface area contributed by atoms with Gasteiger partial charge in [-0.25, -0.2) is 4.79 Å². The summed E-state index contributed by atoms with van der Waals surface area (Å²) in [4.78, 5) is 11.0. The van der Waals surface area contributed by atoms with Crippen molar-refractivity contribution in [2.24, 2.45) is 5.73 Å². The van der Waals surface area contributed by atoms with E-state index in [9.17, 15) is 4.79 Å². The Hall–Kier alpha value is -1.55. The molecule has 0 saturated heterocycles. The van der Waals surface area contributed by atoms with Crippen LogP contribution in [-0.2, 0) is 4.79 Å². The Balaban J connectivity index is 2.48. The van der Waals surface area contributed by atoms with Crippen LogP contribution in [0.1, 0.15) is 19.3 Å². The van der Waals surface area contributed by atoms with Gasteiger partial charge in [-0.3, -0.25) is 0 Å². The van der Waals surface area contributed by atoms with Crippen LogP contribution in [0.5, 0.6) is 0 Å². The topological polar surface area (TPSA) is 75.3 Å². The number of hydrogen-bond donors (Lipinski definition) is 3. The third-order valence-corrected chi connectivity index (χ3v) is 2.36. The van der Waals surface area contributed by atoms with Crippen LogP contribution in [0.3, 0.4) is 0 Å². The van der Waals surface area contributed by atoms with Crippen molar-refractivity contribution in [1.29, 1.82) is 0 Å². The lowest BCUT2D eigenvalue weighted by molar-refractivity contribution is -0.138. The number of para-hydroxylation sites is 1. The molecule has 0 aliphatic rings. The van der Waals surface area contributed by atoms with Gasteiger partial charge in [-0.15, -0.1) is 0 Å². The summed E-state index contributed by atoms with van der Waals surface area (Å²) in [6.07, 6.45) is 2.29. The van der Waals surface area contributed by atoms with E-state index < -0.39 is 12.0 Å². The van der Waals surface area contributed by atoms with Gasteiger partial charge in [-0.05, 0) is 37.9 Å². The SMILES string of the molecule is NCCCCC(Nc1ccccc1)C(=O)O. The fourth-order valence-corrected chi connectivity index (χ4v) is 1.49. The van der Waals surface area contributed by atoms with Gasteiger partial charge in [0.15, 0.2) is 0 Å². The second-order valence-electron chi connectivity index (χ2n) is 3.69. The molecule has 1 aromatic carbocycles. The summed E-state index contributed by atoms with van der Waals surface area (Å²) in [5.74, 6) is -0.819. The number of unbranched alkanes of at least 4 members (excludes halogenated alkanes) is 1. The van der Waals surface area contributed by atoms with E-state index in [1.165, 1.54) is 0 Å². The number of benzene rings is 1. The molecule has 0 aromatic heterocycles. The van der Waals surface area contributed by atoms with E-state index in [1.807, 2.05) is 30.3 Å². The molecule has 16 heavy (non-hydrogen) atoms. The average Bonchev–Trinajstić information content (AvgIpc) is 2.29. The van der Waals surface area contributed by atoms with E-state index in [2.05, 4.69) is 5.32 Å². The summed E-state index contributed by atoms with van der Waals surface area (Å²) in [6.45, 7) is 0.609. The molecule has 1 unspecified atom stereocenters. The zero-order chi connectivity index (χ0) is 11.8. The minimum absolute atomic E-state index is 0.533. The highest BCUT2D eigenvalue weighted by Gasteiger charge is 2.15. The van der Waals surface area contributed by atoms with Crippen LogP contribution in [0.4, 0.5) is 5.69 Å². The lowest BCUT2D eigenvalue weighted by Gasteiger charge is -2.15. The first-order valence-corrected chi connectivity index (χ1v) is 5.48. The van der Waals surface area contributed by atoms with Gasteiger partial charge in [0.25, 0.3) is 0 Å². The number of hydrogen-bond acceptors (Lipinski definition) is 3. The average molecular weight is 222 g/mol. The lowest BCUT2D eigenvalue weighted by Crippen LogP contribution is -2.29. The maximum absolute atomic E-state index is 11.0. The van der Waals surface area contributed by atoms with Gasteiger partial charge in [-0.1, -0.05) is 18.2 Å². The van der Waals surface area contributed by atoms with Crippen LogP contribution >= 0.6 is 0 Å². The molecule has 4 nitrogen and oxygen atoms in total. The molecule has 0 saturated carbocycles. The van der Waals surface area contributed by atoms with E-state index in [4.69, 9.17) is 10.8 Å². The van der Waals surface area contributed by atoms with Gasteiger partial charge < -0.3 is 16.2 Å². The second-order valence-corrected chi connectivity index (χ2v) is 3.69. The first-order valence-electron chi connectivity index (χ1n) is 5.48. The van der Waals surface area contributed by atoms with Gasteiger partial charge in [0.1, 0.15) is 6.04 Å². The van der Waals surface area contributed by atoms with E-state index in [1.54, 1.807) is 0 Å². The smallest absolute Gasteiger partial charge is 0.326 e. The van der Waals surface area contributed by atoms with Gasteiger partial charge >= 0.3 is 5.97 Å². The molecule has 0 aliphatic carbocycles. The number of nitrogens with two attached hydrogens (primary N) is 1. The summed E-state index contributed by atoms with van der Waals surface area (Å²) in [5, 5.41) is 12.0. The molecule has 0 bridgehead atoms. The van der Waals surface area contributed by atoms with Gasteiger partial charge in [0, 0.05) is 5.69 Å². The Morgan fingerprint density at radius 3 is 2.56 bits per heavy atom. The van der Waals surface area contributed by atoms with E-state index in [0.29, 0.717) is 13.0 Å². The molecule has 0 aliphatic heterocycles. The van der Waals surface area contributed by atoms with Gasteiger partial charge in [-0.2, -0.15) is 0 Å². The van der Waals surface area contributed by atoms with Crippen molar-refractivity contribution in [3.8, 4) is 0 Å². The van der Waals surface area contributed by atoms with Crippen molar-refractivity contribution in [3.63, 3.8) is 0 Å². The minimum Gasteiger partial charge on any atom is -0.480 e. The number of carbonyl (C=O) groups is 1. The standard InChI is InChI=1S/C12H18N2O2/c13-9-5-4-8-11(12(15)16)14-10-6-2-1-3-7-10/h1-3,6-7,11,14H,4-5,8-9,13H2,(H,15,16). The minimum atomic E-state index is -0.819. The Morgan fingerprint density at radius 1 is 1.31 bits per heavy atom. The number of nitrogens with one attached hydrogen (secondary N) is 1. The van der Waals surface area contributed by atoms with Gasteiger partial charge in [0.05, 0.1) is 0 Å². The highest BCUT2D eigenvalue weighted by Crippen LogP contribution is 2.11. The van der Waals surface area contributed by atoms with Crippen molar-refractivity contribution in [1.82, 2.24) is 0 Å².